The van der Waals surface area contributed by atoms with Crippen molar-refractivity contribution in [2.24, 2.45) is 47.3 Å². The van der Waals surface area contributed by atoms with Gasteiger partial charge in [-0.2, -0.15) is 0 Å². The molecule has 0 aliphatic heterocycles. The van der Waals surface area contributed by atoms with Crippen LogP contribution in [0.2, 0.25) is 0 Å². The van der Waals surface area contributed by atoms with Crippen molar-refractivity contribution in [3.63, 3.8) is 0 Å². The van der Waals surface area contributed by atoms with E-state index in [1.54, 1.807) is 22.3 Å². The van der Waals surface area contributed by atoms with Gasteiger partial charge in [0.1, 0.15) is 0 Å². The highest BCUT2D eigenvalue weighted by molar-refractivity contribution is 5.50. The van der Waals surface area contributed by atoms with Crippen LogP contribution in [0.25, 0.3) is 0 Å². The van der Waals surface area contributed by atoms with E-state index < -0.39 is 0 Å². The molecule has 10 aliphatic carbocycles. The second kappa shape index (κ2) is 16.9. The Morgan fingerprint density at radius 1 is 0.569 bits per heavy atom. The van der Waals surface area contributed by atoms with Gasteiger partial charge in [0.2, 0.25) is 0 Å². The Bertz CT molecular complexity index is 2180. The van der Waals surface area contributed by atoms with Gasteiger partial charge in [-0.3, -0.25) is 0 Å². The summed E-state index contributed by atoms with van der Waals surface area (Å²) in [5.41, 5.74) is 14.0. The van der Waals surface area contributed by atoms with Gasteiger partial charge in [-0.05, 0) is 136 Å². The van der Waals surface area contributed by atoms with Crippen molar-refractivity contribution in [3.05, 3.63) is 202 Å². The van der Waals surface area contributed by atoms with E-state index in [2.05, 4.69) is 164 Å². The first-order valence-corrected chi connectivity index (χ1v) is 23.2. The van der Waals surface area contributed by atoms with Crippen molar-refractivity contribution in [2.45, 2.75) is 96.4 Å². The van der Waals surface area contributed by atoms with Gasteiger partial charge in [0.05, 0.1) is 6.04 Å². The maximum Gasteiger partial charge on any atom is 0.0556 e. The van der Waals surface area contributed by atoms with E-state index in [9.17, 15) is 0 Å². The molecule has 0 aromatic rings. The van der Waals surface area contributed by atoms with Crippen LogP contribution in [0, 0.1) is 47.3 Å². The summed E-state index contributed by atoms with van der Waals surface area (Å²) in [7, 11) is 0. The number of hydrogen-bond acceptors (Lipinski definition) is 1. The second-order valence-corrected chi connectivity index (χ2v) is 18.6. The number of fused-ring (bicyclic) bond motifs is 2. The summed E-state index contributed by atoms with van der Waals surface area (Å²) in [6.07, 6.45) is 76.6. The number of nitrogens with zero attached hydrogens (tertiary/aromatic N) is 1. The van der Waals surface area contributed by atoms with Crippen molar-refractivity contribution >= 4 is 0 Å². The van der Waals surface area contributed by atoms with Crippen LogP contribution in [0.15, 0.2) is 202 Å². The minimum atomic E-state index is 0.317. The van der Waals surface area contributed by atoms with Gasteiger partial charge >= 0.3 is 0 Å². The van der Waals surface area contributed by atoms with Gasteiger partial charge in [-0.1, -0.05) is 163 Å². The Hall–Kier alpha value is -4.62. The van der Waals surface area contributed by atoms with Crippen LogP contribution in [0.4, 0.5) is 0 Å². The molecule has 0 heterocycles. The van der Waals surface area contributed by atoms with Crippen molar-refractivity contribution in [1.29, 1.82) is 0 Å². The third kappa shape index (κ3) is 7.44. The van der Waals surface area contributed by atoms with Gasteiger partial charge in [0.15, 0.2) is 0 Å². The summed E-state index contributed by atoms with van der Waals surface area (Å²) in [6.45, 7) is 2.54. The lowest BCUT2D eigenvalue weighted by atomic mass is 9.57. The summed E-state index contributed by atoms with van der Waals surface area (Å²) >= 11 is 0. The molecule has 0 N–H and O–H groups in total. The second-order valence-electron chi connectivity index (χ2n) is 18.6. The van der Waals surface area contributed by atoms with Crippen molar-refractivity contribution in [1.82, 2.24) is 4.90 Å². The Labute approximate surface area is 349 Å². The lowest BCUT2D eigenvalue weighted by Crippen LogP contribution is -2.38. The zero-order valence-electron chi connectivity index (χ0n) is 34.8. The van der Waals surface area contributed by atoms with Crippen molar-refractivity contribution in [2.75, 3.05) is 0 Å². The first-order valence-electron chi connectivity index (χ1n) is 23.2. The normalized spacial score (nSPS) is 35.0. The standard InChI is InChI=1S/C57H63N/c1-40-51-18-8-10-20-53(51)54-21-11-13-23-56(54)57(40)55-22-12-9-19-52(55)47-32-38-50(39-33-47)58(48-34-28-45(29-35-48)42-16-6-3-7-17-42)49-36-30-46(31-37-49)44-26-24-43(25-27-44)41-14-4-2-5-15-41/h3-4,6,8-10,12-15,18,20,22-24,26-28,30,32-34,36-38,40,42-43,46,50-53,57H,2,5,7,11,16-17,19,21,25,29,31,35,39H2,1H3. The van der Waals surface area contributed by atoms with Gasteiger partial charge in [0, 0.05) is 41.0 Å². The molecular weight excluding hydrogens is 699 g/mol. The maximum atomic E-state index is 2.72. The van der Waals surface area contributed by atoms with Gasteiger partial charge in [-0.25, -0.2) is 0 Å². The Kier molecular flexibility index (Phi) is 11.0. The number of allylic oxidation sites excluding steroid dienone is 31. The highest BCUT2D eigenvalue weighted by Crippen LogP contribution is 2.53. The summed E-state index contributed by atoms with van der Waals surface area (Å²) < 4.78 is 0. The molecule has 10 aliphatic rings. The molecule has 1 heteroatoms. The molecule has 0 aromatic heterocycles. The van der Waals surface area contributed by atoms with E-state index in [0.717, 1.165) is 38.0 Å². The summed E-state index contributed by atoms with van der Waals surface area (Å²) in [4.78, 5) is 2.72. The lowest BCUT2D eigenvalue weighted by molar-refractivity contribution is 0.269. The number of hydrogen-bond donors (Lipinski definition) is 0. The van der Waals surface area contributed by atoms with Crippen molar-refractivity contribution < 1.29 is 0 Å². The predicted octanol–water partition coefficient (Wildman–Crippen LogP) is 14.5. The Morgan fingerprint density at radius 3 is 2.17 bits per heavy atom. The zero-order valence-corrected chi connectivity index (χ0v) is 34.8. The van der Waals surface area contributed by atoms with E-state index in [0.29, 0.717) is 47.5 Å². The van der Waals surface area contributed by atoms with Crippen LogP contribution in [0.3, 0.4) is 0 Å². The molecule has 0 saturated heterocycles. The fourth-order valence-electron chi connectivity index (χ4n) is 12.2. The third-order valence-corrected chi connectivity index (χ3v) is 15.3. The largest absolute Gasteiger partial charge is 0.338 e. The van der Waals surface area contributed by atoms with Crippen LogP contribution in [0.5, 0.6) is 0 Å². The molecular formula is C57H63N. The molecule has 9 unspecified atom stereocenters. The van der Waals surface area contributed by atoms with Gasteiger partial charge in [-0.15, -0.1) is 0 Å². The van der Waals surface area contributed by atoms with E-state index in [4.69, 9.17) is 0 Å². The molecule has 0 amide bonds. The molecule has 58 heavy (non-hydrogen) atoms. The fourth-order valence-corrected chi connectivity index (χ4v) is 12.2. The zero-order chi connectivity index (χ0) is 38.8. The molecule has 296 valence electrons. The Balaban J connectivity index is 0.896. The highest BCUT2D eigenvalue weighted by atomic mass is 15.2. The lowest BCUT2D eigenvalue weighted by Gasteiger charge is -2.46. The molecule has 9 atom stereocenters. The molecule has 1 nitrogen and oxygen atoms in total. The van der Waals surface area contributed by atoms with Crippen LogP contribution in [-0.2, 0) is 0 Å². The fraction of sp³-hybridized carbons (Fsp3) is 0.404. The quantitative estimate of drug-likeness (QED) is 0.223. The van der Waals surface area contributed by atoms with E-state index >= 15 is 0 Å². The molecule has 0 bridgehead atoms. The first-order chi connectivity index (χ1) is 28.7. The number of rotatable bonds is 8. The predicted molar refractivity (Wildman–Crippen MR) is 245 cm³/mol. The average Bonchev–Trinajstić information content (AvgIpc) is 3.31. The smallest absolute Gasteiger partial charge is 0.0556 e. The monoisotopic (exact) mass is 761 g/mol. The van der Waals surface area contributed by atoms with E-state index in [1.165, 1.54) is 79.5 Å². The third-order valence-electron chi connectivity index (χ3n) is 15.3. The SMILES string of the molecule is CC1C(C2=CC=CCC2C2=CCC(N(C3=CCC(C4=CCC(C5=CCCC=C5)C=C4)C=C3)C3=CC=C(C4CC=CCC4)CC3)C=C2)C2=C(CCC=C2)C2C=CC=CC21. The molecule has 10 rings (SSSR count). The molecule has 0 fully saturated rings. The topological polar surface area (TPSA) is 3.24 Å². The Morgan fingerprint density at radius 2 is 1.41 bits per heavy atom. The molecule has 0 aromatic carbocycles. The molecule has 0 saturated carbocycles. The summed E-state index contributed by atoms with van der Waals surface area (Å²) in [6, 6.07) is 0.317. The van der Waals surface area contributed by atoms with Crippen LogP contribution in [0.1, 0.15) is 90.4 Å². The minimum absolute atomic E-state index is 0.317. The maximum absolute atomic E-state index is 2.72. The molecule has 0 radical (unpaired) electrons. The highest BCUT2D eigenvalue weighted by Gasteiger charge is 2.43. The van der Waals surface area contributed by atoms with Crippen molar-refractivity contribution in [3.8, 4) is 0 Å². The van der Waals surface area contributed by atoms with Crippen LogP contribution < -0.4 is 0 Å². The van der Waals surface area contributed by atoms with Crippen LogP contribution in [-0.4, -0.2) is 10.9 Å². The summed E-state index contributed by atoms with van der Waals surface area (Å²) in [5.74, 6) is 4.35. The summed E-state index contributed by atoms with van der Waals surface area (Å²) in [5, 5.41) is 0. The minimum Gasteiger partial charge on any atom is -0.338 e. The van der Waals surface area contributed by atoms with Gasteiger partial charge in [0.25, 0.3) is 0 Å². The average molecular weight is 762 g/mol. The van der Waals surface area contributed by atoms with Gasteiger partial charge < -0.3 is 4.90 Å². The van der Waals surface area contributed by atoms with E-state index in [-0.39, 0.29) is 0 Å². The first kappa shape index (κ1) is 37.6. The van der Waals surface area contributed by atoms with Crippen LogP contribution >= 0.6 is 0 Å². The molecule has 0 spiro atoms. The van der Waals surface area contributed by atoms with E-state index in [1.807, 2.05) is 0 Å².